The lowest BCUT2D eigenvalue weighted by molar-refractivity contribution is -0.116. The molecule has 0 saturated carbocycles. The molecule has 23 heavy (non-hydrogen) atoms. The molecule has 5 nitrogen and oxygen atoms in total. The van der Waals surface area contributed by atoms with Crippen molar-refractivity contribution in [3.8, 4) is 5.75 Å². The molecule has 0 aliphatic heterocycles. The number of benzene rings is 1. The van der Waals surface area contributed by atoms with Crippen molar-refractivity contribution in [1.82, 2.24) is 9.78 Å². The van der Waals surface area contributed by atoms with Crippen LogP contribution >= 0.6 is 15.9 Å². The van der Waals surface area contributed by atoms with Gasteiger partial charge in [0, 0.05) is 24.8 Å². The third-order valence-corrected chi connectivity index (χ3v) is 4.50. The van der Waals surface area contributed by atoms with E-state index in [0.717, 1.165) is 27.0 Å². The predicted octanol–water partition coefficient (Wildman–Crippen LogP) is 4.12. The van der Waals surface area contributed by atoms with Gasteiger partial charge >= 0.3 is 0 Å². The second-order valence-electron chi connectivity index (χ2n) is 6.00. The van der Waals surface area contributed by atoms with E-state index in [1.165, 1.54) is 0 Å². The average molecular weight is 380 g/mol. The van der Waals surface area contributed by atoms with Crippen molar-refractivity contribution in [2.45, 2.75) is 46.6 Å². The number of aromatic nitrogens is 2. The van der Waals surface area contributed by atoms with Gasteiger partial charge < -0.3 is 10.4 Å². The highest BCUT2D eigenvalue weighted by Crippen LogP contribution is 2.31. The minimum atomic E-state index is -0.0715. The van der Waals surface area contributed by atoms with Gasteiger partial charge in [-0.1, -0.05) is 13.8 Å². The number of amides is 1. The smallest absolute Gasteiger partial charge is 0.226 e. The largest absolute Gasteiger partial charge is 0.508 e. The van der Waals surface area contributed by atoms with E-state index in [1.807, 2.05) is 40.0 Å². The fraction of sp³-hybridized carbons (Fsp3) is 0.412. The zero-order chi connectivity index (χ0) is 17.1. The fourth-order valence-corrected chi connectivity index (χ4v) is 2.66. The summed E-state index contributed by atoms with van der Waals surface area (Å²) in [7, 11) is 0. The molecule has 1 heterocycles. The number of carbonyl (C=O) groups is 1. The van der Waals surface area contributed by atoms with Gasteiger partial charge in [-0.3, -0.25) is 9.48 Å². The summed E-state index contributed by atoms with van der Waals surface area (Å²) < 4.78 is 2.69. The van der Waals surface area contributed by atoms with E-state index in [0.29, 0.717) is 13.0 Å². The Labute approximate surface area is 144 Å². The SMILES string of the molecule is Cc1cc(O)c(C(C)C)cc1NC(=O)CCn1cc(Br)c(C)n1. The minimum absolute atomic E-state index is 0.0715. The molecule has 2 aromatic rings. The van der Waals surface area contributed by atoms with E-state index >= 15 is 0 Å². The molecule has 0 unspecified atom stereocenters. The molecule has 0 spiro atoms. The van der Waals surface area contributed by atoms with Crippen LogP contribution in [0.1, 0.15) is 43.0 Å². The minimum Gasteiger partial charge on any atom is -0.508 e. The quantitative estimate of drug-likeness (QED) is 0.767. The summed E-state index contributed by atoms with van der Waals surface area (Å²) in [4.78, 5) is 12.2. The zero-order valence-corrected chi connectivity index (χ0v) is 15.4. The van der Waals surface area contributed by atoms with Gasteiger partial charge in [0.2, 0.25) is 5.91 Å². The molecular formula is C17H22BrN3O2. The molecule has 0 saturated heterocycles. The van der Waals surface area contributed by atoms with Crippen molar-refractivity contribution >= 4 is 27.5 Å². The summed E-state index contributed by atoms with van der Waals surface area (Å²) in [6, 6.07) is 3.54. The molecule has 0 aliphatic carbocycles. The lowest BCUT2D eigenvalue weighted by Crippen LogP contribution is -2.15. The van der Waals surface area contributed by atoms with Gasteiger partial charge in [-0.2, -0.15) is 5.10 Å². The molecule has 0 fully saturated rings. The third kappa shape index (κ3) is 4.34. The van der Waals surface area contributed by atoms with Crippen LogP contribution in [0.25, 0.3) is 0 Å². The number of halogens is 1. The maximum Gasteiger partial charge on any atom is 0.226 e. The van der Waals surface area contributed by atoms with E-state index in [-0.39, 0.29) is 17.6 Å². The molecule has 0 bridgehead atoms. The van der Waals surface area contributed by atoms with Gasteiger partial charge in [0.05, 0.1) is 10.2 Å². The number of nitrogens with one attached hydrogen (secondary N) is 1. The van der Waals surface area contributed by atoms with Crippen molar-refractivity contribution in [3.05, 3.63) is 39.6 Å². The first kappa shape index (κ1) is 17.5. The lowest BCUT2D eigenvalue weighted by atomic mass is 9.99. The Kier molecular flexibility index (Phi) is 5.46. The summed E-state index contributed by atoms with van der Waals surface area (Å²) in [5.41, 5.74) is 3.33. The summed E-state index contributed by atoms with van der Waals surface area (Å²) in [6.07, 6.45) is 2.20. The number of phenolic OH excluding ortho intramolecular Hbond substituents is 1. The Morgan fingerprint density at radius 2 is 2.09 bits per heavy atom. The molecule has 0 aliphatic rings. The van der Waals surface area contributed by atoms with Crippen LogP contribution in [0.3, 0.4) is 0 Å². The molecule has 0 radical (unpaired) electrons. The van der Waals surface area contributed by atoms with E-state index in [2.05, 4.69) is 26.3 Å². The average Bonchev–Trinajstić information content (AvgIpc) is 2.78. The summed E-state index contributed by atoms with van der Waals surface area (Å²) in [5.74, 6) is 0.390. The summed E-state index contributed by atoms with van der Waals surface area (Å²) in [6.45, 7) is 8.32. The van der Waals surface area contributed by atoms with Crippen LogP contribution in [-0.2, 0) is 11.3 Å². The number of phenols is 1. The molecule has 1 aromatic carbocycles. The first-order valence-electron chi connectivity index (χ1n) is 7.61. The second-order valence-corrected chi connectivity index (χ2v) is 6.86. The topological polar surface area (TPSA) is 67.2 Å². The highest BCUT2D eigenvalue weighted by atomic mass is 79.9. The molecule has 2 N–H and O–H groups in total. The van der Waals surface area contributed by atoms with Crippen molar-refractivity contribution in [3.63, 3.8) is 0 Å². The van der Waals surface area contributed by atoms with Crippen LogP contribution in [0.2, 0.25) is 0 Å². The predicted molar refractivity (Wildman–Crippen MR) is 94.8 cm³/mol. The molecular weight excluding hydrogens is 358 g/mol. The van der Waals surface area contributed by atoms with E-state index in [1.54, 1.807) is 10.7 Å². The molecule has 1 amide bonds. The third-order valence-electron chi connectivity index (χ3n) is 3.72. The molecule has 0 atom stereocenters. The second kappa shape index (κ2) is 7.17. The van der Waals surface area contributed by atoms with Crippen molar-refractivity contribution in [2.24, 2.45) is 0 Å². The number of anilines is 1. The number of carbonyl (C=O) groups excluding carboxylic acids is 1. The molecule has 2 rings (SSSR count). The number of aryl methyl sites for hydroxylation is 3. The summed E-state index contributed by atoms with van der Waals surface area (Å²) in [5, 5.41) is 17.2. The number of rotatable bonds is 5. The van der Waals surface area contributed by atoms with Gasteiger partial charge in [0.25, 0.3) is 0 Å². The van der Waals surface area contributed by atoms with Crippen molar-refractivity contribution in [1.29, 1.82) is 0 Å². The Balaban J connectivity index is 2.03. The normalized spacial score (nSPS) is 11.0. The van der Waals surface area contributed by atoms with Crippen LogP contribution in [0.15, 0.2) is 22.8 Å². The van der Waals surface area contributed by atoms with Gasteiger partial charge in [-0.25, -0.2) is 0 Å². The number of nitrogens with zero attached hydrogens (tertiary/aromatic N) is 2. The number of hydrogen-bond acceptors (Lipinski definition) is 3. The Bertz CT molecular complexity index is 703. The molecule has 6 heteroatoms. The monoisotopic (exact) mass is 379 g/mol. The maximum absolute atomic E-state index is 12.2. The van der Waals surface area contributed by atoms with E-state index < -0.39 is 0 Å². The van der Waals surface area contributed by atoms with Gasteiger partial charge in [0.1, 0.15) is 5.75 Å². The first-order chi connectivity index (χ1) is 10.8. The van der Waals surface area contributed by atoms with Gasteiger partial charge in [-0.15, -0.1) is 0 Å². The lowest BCUT2D eigenvalue weighted by Gasteiger charge is -2.14. The van der Waals surface area contributed by atoms with Crippen molar-refractivity contribution in [2.75, 3.05) is 5.32 Å². The van der Waals surface area contributed by atoms with Crippen LogP contribution < -0.4 is 5.32 Å². The Morgan fingerprint density at radius 3 is 2.65 bits per heavy atom. The highest BCUT2D eigenvalue weighted by Gasteiger charge is 2.12. The fourth-order valence-electron chi connectivity index (χ4n) is 2.34. The van der Waals surface area contributed by atoms with Crippen LogP contribution in [0.5, 0.6) is 5.75 Å². The van der Waals surface area contributed by atoms with E-state index in [9.17, 15) is 9.90 Å². The molecule has 1 aromatic heterocycles. The van der Waals surface area contributed by atoms with Gasteiger partial charge in [0.15, 0.2) is 0 Å². The maximum atomic E-state index is 12.2. The van der Waals surface area contributed by atoms with Crippen LogP contribution in [-0.4, -0.2) is 20.8 Å². The Hall–Kier alpha value is -1.82. The first-order valence-corrected chi connectivity index (χ1v) is 8.40. The zero-order valence-electron chi connectivity index (χ0n) is 13.9. The van der Waals surface area contributed by atoms with Gasteiger partial charge in [-0.05, 0) is 59.0 Å². The number of hydrogen-bond donors (Lipinski definition) is 2. The molecule has 124 valence electrons. The standard InChI is InChI=1S/C17H22BrN3O2/c1-10(2)13-8-15(11(3)7-16(13)22)19-17(23)5-6-21-9-14(18)12(4)20-21/h7-10,22H,5-6H2,1-4H3,(H,19,23). The summed E-state index contributed by atoms with van der Waals surface area (Å²) >= 11 is 3.41. The van der Waals surface area contributed by atoms with Crippen LogP contribution in [0, 0.1) is 13.8 Å². The van der Waals surface area contributed by atoms with Crippen molar-refractivity contribution < 1.29 is 9.90 Å². The highest BCUT2D eigenvalue weighted by molar-refractivity contribution is 9.10. The van der Waals surface area contributed by atoms with Crippen LogP contribution in [0.4, 0.5) is 5.69 Å². The number of aromatic hydroxyl groups is 1. The Morgan fingerprint density at radius 1 is 1.39 bits per heavy atom. The van der Waals surface area contributed by atoms with E-state index in [4.69, 9.17) is 0 Å².